The summed E-state index contributed by atoms with van der Waals surface area (Å²) in [5.41, 5.74) is 3.41. The van der Waals surface area contributed by atoms with E-state index in [9.17, 15) is 5.11 Å². The van der Waals surface area contributed by atoms with Crippen LogP contribution < -0.4 is 10.1 Å². The van der Waals surface area contributed by atoms with Gasteiger partial charge in [-0.25, -0.2) is 0 Å². The van der Waals surface area contributed by atoms with Crippen molar-refractivity contribution in [2.24, 2.45) is 0 Å². The van der Waals surface area contributed by atoms with E-state index in [1.165, 1.54) is 5.56 Å². The molecule has 1 aliphatic heterocycles. The normalized spacial score (nSPS) is 16.3. The zero-order valence-corrected chi connectivity index (χ0v) is 12.0. The predicted octanol–water partition coefficient (Wildman–Crippen LogP) is 3.13. The van der Waals surface area contributed by atoms with Gasteiger partial charge in [0.2, 0.25) is 0 Å². The molecule has 1 unspecified atom stereocenters. The lowest BCUT2D eigenvalue weighted by molar-refractivity contribution is 0.202. The second-order valence-corrected chi connectivity index (χ2v) is 5.13. The van der Waals surface area contributed by atoms with Crippen LogP contribution in [0, 0.1) is 0 Å². The van der Waals surface area contributed by atoms with Crippen LogP contribution >= 0.6 is 0 Å². The Morgan fingerprint density at radius 1 is 1.29 bits per heavy atom. The minimum absolute atomic E-state index is 0.101. The first kappa shape index (κ1) is 13.8. The number of methoxy groups -OCH3 is 1. The van der Waals surface area contributed by atoms with E-state index in [1.54, 1.807) is 19.2 Å². The van der Waals surface area contributed by atoms with Gasteiger partial charge in [0.25, 0.3) is 0 Å². The Bertz CT molecular complexity index is 627. The molecule has 4 heteroatoms. The fourth-order valence-electron chi connectivity index (χ4n) is 2.60. The number of rotatable bonds is 5. The van der Waals surface area contributed by atoms with Crippen LogP contribution in [0.5, 0.6) is 11.5 Å². The average molecular weight is 285 g/mol. The molecule has 1 atom stereocenters. The summed E-state index contributed by atoms with van der Waals surface area (Å²) in [5, 5.41) is 13.0. The molecule has 0 aromatic heterocycles. The zero-order valence-electron chi connectivity index (χ0n) is 12.0. The number of hydrogen-bond acceptors (Lipinski definition) is 4. The molecule has 0 bridgehead atoms. The van der Waals surface area contributed by atoms with Gasteiger partial charge in [0, 0.05) is 24.4 Å². The Morgan fingerprint density at radius 2 is 2.14 bits per heavy atom. The highest BCUT2D eigenvalue weighted by molar-refractivity contribution is 5.55. The Balaban J connectivity index is 1.80. The molecular formula is C17H19NO3. The molecule has 21 heavy (non-hydrogen) atoms. The monoisotopic (exact) mass is 285 g/mol. The Kier molecular flexibility index (Phi) is 3.97. The summed E-state index contributed by atoms with van der Waals surface area (Å²) in [6.07, 6.45) is 0.871. The average Bonchev–Trinajstić information content (AvgIpc) is 2.88. The molecule has 0 saturated heterocycles. The van der Waals surface area contributed by atoms with E-state index < -0.39 is 0 Å². The van der Waals surface area contributed by atoms with E-state index in [4.69, 9.17) is 9.47 Å². The second kappa shape index (κ2) is 6.06. The molecule has 0 radical (unpaired) electrons. The van der Waals surface area contributed by atoms with Crippen LogP contribution in [0.4, 0.5) is 5.69 Å². The van der Waals surface area contributed by atoms with E-state index in [1.807, 2.05) is 18.2 Å². The van der Waals surface area contributed by atoms with Gasteiger partial charge in [-0.3, -0.25) is 0 Å². The molecule has 1 aliphatic rings. The van der Waals surface area contributed by atoms with Crippen molar-refractivity contribution in [2.45, 2.75) is 12.5 Å². The minimum atomic E-state index is 0.101. The van der Waals surface area contributed by atoms with Gasteiger partial charge in [-0.2, -0.15) is 0 Å². The van der Waals surface area contributed by atoms with E-state index in [2.05, 4.69) is 17.4 Å². The predicted molar refractivity (Wildman–Crippen MR) is 82.0 cm³/mol. The lowest BCUT2D eigenvalue weighted by Crippen LogP contribution is -2.13. The summed E-state index contributed by atoms with van der Waals surface area (Å²) in [5.74, 6) is 0.983. The highest BCUT2D eigenvalue weighted by atomic mass is 16.5. The molecule has 110 valence electrons. The van der Waals surface area contributed by atoms with Gasteiger partial charge in [-0.05, 0) is 30.2 Å². The van der Waals surface area contributed by atoms with E-state index >= 15 is 0 Å². The first-order valence-corrected chi connectivity index (χ1v) is 7.07. The first-order chi connectivity index (χ1) is 10.3. The van der Waals surface area contributed by atoms with E-state index in [0.29, 0.717) is 13.2 Å². The molecule has 2 N–H and O–H groups in total. The smallest absolute Gasteiger partial charge is 0.128 e. The Labute approximate surface area is 124 Å². The zero-order chi connectivity index (χ0) is 14.7. The second-order valence-electron chi connectivity index (χ2n) is 5.13. The summed E-state index contributed by atoms with van der Waals surface area (Å²) in [4.78, 5) is 0. The highest BCUT2D eigenvalue weighted by Gasteiger charge is 2.24. The van der Waals surface area contributed by atoms with Gasteiger partial charge in [0.05, 0.1) is 12.6 Å². The number of aromatic hydroxyl groups is 1. The van der Waals surface area contributed by atoms with Crippen LogP contribution in [-0.4, -0.2) is 25.4 Å². The molecule has 0 aliphatic carbocycles. The summed E-state index contributed by atoms with van der Waals surface area (Å²) in [6.45, 7) is 1.27. The Morgan fingerprint density at radius 3 is 3.00 bits per heavy atom. The van der Waals surface area contributed by atoms with Crippen molar-refractivity contribution in [1.29, 1.82) is 0 Å². The van der Waals surface area contributed by atoms with Crippen LogP contribution in [0.2, 0.25) is 0 Å². The van der Waals surface area contributed by atoms with Gasteiger partial charge < -0.3 is 19.9 Å². The third kappa shape index (κ3) is 2.95. The molecule has 0 saturated carbocycles. The van der Waals surface area contributed by atoms with Crippen molar-refractivity contribution in [3.8, 4) is 11.5 Å². The van der Waals surface area contributed by atoms with Gasteiger partial charge >= 0.3 is 0 Å². The SMILES string of the molecule is COCCc1ccccc1NC1COc2cc(O)ccc21. The van der Waals surface area contributed by atoms with Crippen LogP contribution in [0.15, 0.2) is 42.5 Å². The summed E-state index contributed by atoms with van der Waals surface area (Å²) in [7, 11) is 1.71. The van der Waals surface area contributed by atoms with Gasteiger partial charge in [0.15, 0.2) is 0 Å². The molecule has 0 amide bonds. The number of benzene rings is 2. The summed E-state index contributed by atoms with van der Waals surface area (Å²) < 4.78 is 10.8. The maximum atomic E-state index is 9.50. The minimum Gasteiger partial charge on any atom is -0.508 e. The number of phenols is 1. The molecule has 2 aromatic rings. The number of phenolic OH excluding ortho intramolecular Hbond substituents is 1. The lowest BCUT2D eigenvalue weighted by atomic mass is 10.1. The maximum absolute atomic E-state index is 9.50. The van der Waals surface area contributed by atoms with Gasteiger partial charge in [-0.1, -0.05) is 18.2 Å². The van der Waals surface area contributed by atoms with Crippen LogP contribution in [-0.2, 0) is 11.2 Å². The van der Waals surface area contributed by atoms with Crippen molar-refractivity contribution in [3.63, 3.8) is 0 Å². The summed E-state index contributed by atoms with van der Waals surface area (Å²) >= 11 is 0. The van der Waals surface area contributed by atoms with Crippen molar-refractivity contribution in [2.75, 3.05) is 25.6 Å². The van der Waals surface area contributed by atoms with Crippen molar-refractivity contribution >= 4 is 5.69 Å². The molecule has 4 nitrogen and oxygen atoms in total. The Hall–Kier alpha value is -2.20. The number of anilines is 1. The van der Waals surface area contributed by atoms with Crippen molar-refractivity contribution in [3.05, 3.63) is 53.6 Å². The lowest BCUT2D eigenvalue weighted by Gasteiger charge is -2.16. The third-order valence-electron chi connectivity index (χ3n) is 3.70. The standard InChI is InChI=1S/C17H19NO3/c1-20-9-8-12-4-2-3-5-15(12)18-16-11-21-17-10-13(19)6-7-14(16)17/h2-7,10,16,18-19H,8-9,11H2,1H3. The highest BCUT2D eigenvalue weighted by Crippen LogP contribution is 2.37. The van der Waals surface area contributed by atoms with Gasteiger partial charge in [-0.15, -0.1) is 0 Å². The van der Waals surface area contributed by atoms with Crippen LogP contribution in [0.25, 0.3) is 0 Å². The number of para-hydroxylation sites is 1. The number of ether oxygens (including phenoxy) is 2. The van der Waals surface area contributed by atoms with E-state index in [0.717, 1.165) is 23.4 Å². The summed E-state index contributed by atoms with van der Waals surface area (Å²) in [6, 6.07) is 13.6. The molecule has 0 fully saturated rings. The number of nitrogens with one attached hydrogen (secondary N) is 1. The first-order valence-electron chi connectivity index (χ1n) is 7.07. The van der Waals surface area contributed by atoms with Crippen molar-refractivity contribution in [1.82, 2.24) is 0 Å². The molecule has 0 spiro atoms. The van der Waals surface area contributed by atoms with E-state index in [-0.39, 0.29) is 11.8 Å². The largest absolute Gasteiger partial charge is 0.508 e. The maximum Gasteiger partial charge on any atom is 0.128 e. The quantitative estimate of drug-likeness (QED) is 0.886. The molecular weight excluding hydrogens is 266 g/mol. The fraction of sp³-hybridized carbons (Fsp3) is 0.294. The third-order valence-corrected chi connectivity index (χ3v) is 3.70. The fourth-order valence-corrected chi connectivity index (χ4v) is 2.60. The number of fused-ring (bicyclic) bond motifs is 1. The van der Waals surface area contributed by atoms with Crippen molar-refractivity contribution < 1.29 is 14.6 Å². The molecule has 2 aromatic carbocycles. The van der Waals surface area contributed by atoms with Crippen LogP contribution in [0.1, 0.15) is 17.2 Å². The van der Waals surface area contributed by atoms with Gasteiger partial charge in [0.1, 0.15) is 18.1 Å². The molecule has 3 rings (SSSR count). The van der Waals surface area contributed by atoms with Crippen LogP contribution in [0.3, 0.4) is 0 Å². The molecule has 1 heterocycles. The number of hydrogen-bond donors (Lipinski definition) is 2. The topological polar surface area (TPSA) is 50.7 Å².